The number of carboxylic acid groups (broad SMARTS) is 2. The zero-order valence-electron chi connectivity index (χ0n) is 22.9. The van der Waals surface area contributed by atoms with Gasteiger partial charge in [-0.2, -0.15) is 0 Å². The molecule has 6 rings (SSSR count). The number of imide groups is 1. The average Bonchev–Trinajstić information content (AvgIpc) is 3.55. The minimum atomic E-state index is -2.27. The number of aliphatic carboxylic acids is 2. The van der Waals surface area contributed by atoms with E-state index in [0.717, 1.165) is 48.0 Å². The van der Waals surface area contributed by atoms with Crippen LogP contribution < -0.4 is 10.2 Å². The molecule has 2 aliphatic rings. The van der Waals surface area contributed by atoms with E-state index in [1.54, 1.807) is 6.20 Å². The first-order chi connectivity index (χ1) is 20.6. The fourth-order valence-electron chi connectivity index (χ4n) is 4.89. The van der Waals surface area contributed by atoms with Crippen LogP contribution in [-0.2, 0) is 19.2 Å². The zero-order chi connectivity index (χ0) is 30.8. The summed E-state index contributed by atoms with van der Waals surface area (Å²) in [5, 5.41) is 36.6. The molecule has 4 aromatic rings. The molecule has 2 unspecified atom stereocenters. The van der Waals surface area contributed by atoms with Gasteiger partial charge in [-0.15, -0.1) is 0 Å². The maximum absolute atomic E-state index is 13.1. The quantitative estimate of drug-likeness (QED) is 0.168. The smallest absolute Gasteiger partial charge is 0.335 e. The summed E-state index contributed by atoms with van der Waals surface area (Å²) < 4.78 is 0. The summed E-state index contributed by atoms with van der Waals surface area (Å²) >= 11 is 0. The second kappa shape index (κ2) is 12.0. The van der Waals surface area contributed by atoms with E-state index in [9.17, 15) is 19.2 Å². The number of carboxylic acids is 2. The number of aliphatic hydroxyl groups excluding tert-OH is 2. The molecule has 0 aliphatic carbocycles. The number of nitrogens with zero attached hydrogens (tertiary/aromatic N) is 4. The molecule has 2 aliphatic heterocycles. The summed E-state index contributed by atoms with van der Waals surface area (Å²) in [5.41, 5.74) is 3.45. The largest absolute Gasteiger partial charge is 0.479 e. The zero-order valence-corrected chi connectivity index (χ0v) is 22.9. The Hall–Kier alpha value is -5.18. The standard InChI is InChI=1S/C25H22N6O2.C4H6O6/c1-30-10-12-31(13-11-30)25-27-19-9-5-3-7-16(19)22(28-25)21-20(23(32)29-24(21)33)17-14-26-18-8-4-2-6-15(17)18;5-1(3(7)8)2(6)4(9)10/h2-9,14,26H,10-13H2,1H3,(H,29,32,33);1-2,5-6H,(H,7,8)(H,9,10). The monoisotopic (exact) mass is 588 g/mol. The van der Waals surface area contributed by atoms with Crippen LogP contribution in [0.2, 0.25) is 0 Å². The Morgan fingerprint density at radius 2 is 1.40 bits per heavy atom. The molecule has 1 saturated heterocycles. The Bertz CT molecular complexity index is 1760. The van der Waals surface area contributed by atoms with Gasteiger partial charge in [0.15, 0.2) is 12.2 Å². The molecule has 2 amide bonds. The molecular weight excluding hydrogens is 560 g/mol. The molecule has 4 heterocycles. The summed E-state index contributed by atoms with van der Waals surface area (Å²) in [4.78, 5) is 62.9. The van der Waals surface area contributed by atoms with E-state index in [1.165, 1.54) is 0 Å². The van der Waals surface area contributed by atoms with E-state index in [4.69, 9.17) is 30.4 Å². The number of amides is 2. The van der Waals surface area contributed by atoms with Gasteiger partial charge in [0.25, 0.3) is 11.8 Å². The summed E-state index contributed by atoms with van der Waals surface area (Å²) in [6, 6.07) is 15.4. The predicted molar refractivity (Wildman–Crippen MR) is 155 cm³/mol. The normalized spacial score (nSPS) is 17.0. The first-order valence-corrected chi connectivity index (χ1v) is 13.3. The number of nitrogens with one attached hydrogen (secondary N) is 2. The molecule has 14 heteroatoms. The van der Waals surface area contributed by atoms with Crippen molar-refractivity contribution in [2.24, 2.45) is 0 Å². The van der Waals surface area contributed by atoms with Crippen LogP contribution in [0.1, 0.15) is 11.3 Å². The third-order valence-corrected chi connectivity index (χ3v) is 7.21. The van der Waals surface area contributed by atoms with Gasteiger partial charge in [-0.05, 0) is 19.2 Å². The van der Waals surface area contributed by atoms with Crippen molar-refractivity contribution in [3.8, 4) is 0 Å². The number of aliphatic hydroxyl groups is 2. The Balaban J connectivity index is 0.000000319. The number of para-hydroxylation sites is 2. The molecule has 2 aromatic carbocycles. The van der Waals surface area contributed by atoms with Gasteiger partial charge in [0.05, 0.1) is 22.4 Å². The first kappa shape index (κ1) is 29.3. The SMILES string of the molecule is CN1CCN(c2nc(C3=C(c4c[nH]c5ccccc45)C(=O)NC3=O)c3ccccc3n2)CC1.O=C(O)C(O)C(O)C(=O)O. The Morgan fingerprint density at radius 1 is 0.814 bits per heavy atom. The number of H-pyrrole nitrogens is 1. The molecule has 1 fully saturated rings. The average molecular weight is 589 g/mol. The van der Waals surface area contributed by atoms with Crippen LogP contribution in [0.5, 0.6) is 0 Å². The van der Waals surface area contributed by atoms with Gasteiger partial charge >= 0.3 is 11.9 Å². The van der Waals surface area contributed by atoms with Crippen molar-refractivity contribution >= 4 is 62.7 Å². The minimum Gasteiger partial charge on any atom is -0.479 e. The second-order valence-electron chi connectivity index (χ2n) is 10.0. The fourth-order valence-corrected chi connectivity index (χ4v) is 4.89. The van der Waals surface area contributed by atoms with Crippen LogP contribution in [0.25, 0.3) is 33.0 Å². The van der Waals surface area contributed by atoms with E-state index >= 15 is 0 Å². The Labute approximate surface area is 243 Å². The number of hydrogen-bond donors (Lipinski definition) is 6. The summed E-state index contributed by atoms with van der Waals surface area (Å²) in [7, 11) is 2.09. The van der Waals surface area contributed by atoms with Crippen LogP contribution in [0, 0.1) is 0 Å². The predicted octanol–water partition coefficient (Wildman–Crippen LogP) is 0.308. The maximum atomic E-state index is 13.1. The molecule has 2 atom stereocenters. The van der Waals surface area contributed by atoms with Gasteiger partial charge in [0.2, 0.25) is 5.95 Å². The van der Waals surface area contributed by atoms with Crippen molar-refractivity contribution in [2.75, 3.05) is 38.1 Å². The fraction of sp³-hybridized carbons (Fsp3) is 0.241. The summed E-state index contributed by atoms with van der Waals surface area (Å²) in [6.45, 7) is 3.42. The highest BCUT2D eigenvalue weighted by Gasteiger charge is 2.36. The number of likely N-dealkylation sites (N-methyl/N-ethyl adjacent to an activating group) is 1. The third-order valence-electron chi connectivity index (χ3n) is 7.21. The highest BCUT2D eigenvalue weighted by atomic mass is 16.4. The lowest BCUT2D eigenvalue weighted by atomic mass is 9.97. The molecule has 0 bridgehead atoms. The van der Waals surface area contributed by atoms with Crippen LogP contribution in [-0.4, -0.2) is 109 Å². The van der Waals surface area contributed by atoms with Crippen molar-refractivity contribution < 1.29 is 39.6 Å². The molecule has 2 aromatic heterocycles. The van der Waals surface area contributed by atoms with Gasteiger partial charge in [0.1, 0.15) is 0 Å². The highest BCUT2D eigenvalue weighted by molar-refractivity contribution is 6.50. The van der Waals surface area contributed by atoms with Crippen molar-refractivity contribution in [1.29, 1.82) is 0 Å². The molecule has 6 N–H and O–H groups in total. The van der Waals surface area contributed by atoms with E-state index in [-0.39, 0.29) is 0 Å². The molecule has 43 heavy (non-hydrogen) atoms. The number of carbonyl (C=O) groups is 4. The number of hydrogen-bond acceptors (Lipinski definition) is 10. The van der Waals surface area contributed by atoms with Crippen LogP contribution >= 0.6 is 0 Å². The van der Waals surface area contributed by atoms with Gasteiger partial charge in [-0.1, -0.05) is 36.4 Å². The van der Waals surface area contributed by atoms with Crippen LogP contribution in [0.15, 0.2) is 54.7 Å². The van der Waals surface area contributed by atoms with Crippen LogP contribution in [0.3, 0.4) is 0 Å². The number of fused-ring (bicyclic) bond motifs is 2. The van der Waals surface area contributed by atoms with E-state index in [0.29, 0.717) is 28.4 Å². The third kappa shape index (κ3) is 5.79. The molecule has 222 valence electrons. The van der Waals surface area contributed by atoms with Gasteiger partial charge in [-0.25, -0.2) is 19.6 Å². The molecular formula is C29H28N6O8. The highest BCUT2D eigenvalue weighted by Crippen LogP contribution is 2.37. The number of benzene rings is 2. The van der Waals surface area contributed by atoms with Crippen molar-refractivity contribution in [3.05, 3.63) is 66.0 Å². The lowest BCUT2D eigenvalue weighted by molar-refractivity contribution is -0.165. The number of aromatic amines is 1. The Kier molecular flexibility index (Phi) is 8.16. The van der Waals surface area contributed by atoms with E-state index in [2.05, 4.69) is 27.1 Å². The number of rotatable bonds is 6. The maximum Gasteiger partial charge on any atom is 0.335 e. The number of aromatic nitrogens is 3. The molecule has 0 radical (unpaired) electrons. The topological polar surface area (TPSA) is 209 Å². The summed E-state index contributed by atoms with van der Waals surface area (Å²) in [5.74, 6) is -3.81. The first-order valence-electron chi connectivity index (χ1n) is 13.3. The van der Waals surface area contributed by atoms with E-state index < -0.39 is 36.0 Å². The van der Waals surface area contributed by atoms with Gasteiger partial charge in [-0.3, -0.25) is 14.9 Å². The number of piperazine rings is 1. The van der Waals surface area contributed by atoms with Crippen molar-refractivity contribution in [1.82, 2.24) is 25.2 Å². The van der Waals surface area contributed by atoms with Crippen molar-refractivity contribution in [2.45, 2.75) is 12.2 Å². The van der Waals surface area contributed by atoms with Gasteiger partial charge < -0.3 is 35.2 Å². The lowest BCUT2D eigenvalue weighted by Gasteiger charge is -2.32. The van der Waals surface area contributed by atoms with Crippen molar-refractivity contribution in [3.63, 3.8) is 0 Å². The number of anilines is 1. The van der Waals surface area contributed by atoms with Gasteiger partial charge in [0, 0.05) is 54.2 Å². The second-order valence-corrected chi connectivity index (χ2v) is 10.0. The molecule has 14 nitrogen and oxygen atoms in total. The lowest BCUT2D eigenvalue weighted by Crippen LogP contribution is -2.45. The summed E-state index contributed by atoms with van der Waals surface area (Å²) in [6.07, 6.45) is -2.75. The minimum absolute atomic E-state index is 0.290. The van der Waals surface area contributed by atoms with Crippen LogP contribution in [0.4, 0.5) is 5.95 Å². The van der Waals surface area contributed by atoms with E-state index in [1.807, 2.05) is 48.5 Å². The molecule has 0 spiro atoms. The Morgan fingerprint density at radius 3 is 2.05 bits per heavy atom. The molecule has 0 saturated carbocycles. The number of carbonyl (C=O) groups excluding carboxylic acids is 2.